The predicted octanol–water partition coefficient (Wildman–Crippen LogP) is 4.40. The van der Waals surface area contributed by atoms with Crippen molar-refractivity contribution >= 4 is 45.0 Å². The number of thiazole rings is 1. The van der Waals surface area contributed by atoms with Crippen LogP contribution in [0.1, 0.15) is 11.1 Å². The third-order valence-corrected chi connectivity index (χ3v) is 6.62. The topological polar surface area (TPSA) is 76.9 Å². The standard InChI is InChI=1S/C22H20N4O2S2/c1-13-8-9-15(10-14(13)2)18-11-29-21(23-18)25-19(27)12-30-22-24-17-7-5-4-6-16(17)20(28)26(22)3/h4-11H,12H2,1-3H3,(H,23,25,27). The number of rotatable bonds is 5. The van der Waals surface area contributed by atoms with Crippen molar-refractivity contribution in [3.8, 4) is 11.3 Å². The second-order valence-corrected chi connectivity index (χ2v) is 8.75. The number of nitrogens with one attached hydrogen (secondary N) is 1. The minimum atomic E-state index is -0.191. The minimum absolute atomic E-state index is 0.124. The molecule has 0 radical (unpaired) electrons. The third-order valence-electron chi connectivity index (χ3n) is 4.83. The number of thioether (sulfide) groups is 1. The molecule has 0 atom stereocenters. The summed E-state index contributed by atoms with van der Waals surface area (Å²) in [5.41, 5.74) is 4.80. The van der Waals surface area contributed by atoms with Gasteiger partial charge in [0.2, 0.25) is 5.91 Å². The van der Waals surface area contributed by atoms with Crippen molar-refractivity contribution in [3.05, 3.63) is 69.3 Å². The lowest BCUT2D eigenvalue weighted by atomic mass is 10.1. The second kappa shape index (κ2) is 8.41. The van der Waals surface area contributed by atoms with Crippen molar-refractivity contribution in [2.24, 2.45) is 7.05 Å². The van der Waals surface area contributed by atoms with E-state index in [2.05, 4.69) is 41.3 Å². The molecule has 2 heterocycles. The van der Waals surface area contributed by atoms with Gasteiger partial charge in [-0.25, -0.2) is 9.97 Å². The summed E-state index contributed by atoms with van der Waals surface area (Å²) in [5.74, 6) is -0.0552. The van der Waals surface area contributed by atoms with Gasteiger partial charge in [-0.3, -0.25) is 14.2 Å². The number of aromatic nitrogens is 3. The van der Waals surface area contributed by atoms with E-state index in [0.29, 0.717) is 21.2 Å². The maximum absolute atomic E-state index is 12.5. The molecule has 6 nitrogen and oxygen atoms in total. The number of fused-ring (bicyclic) bond motifs is 1. The van der Waals surface area contributed by atoms with E-state index in [1.54, 1.807) is 19.2 Å². The van der Waals surface area contributed by atoms with Crippen LogP contribution in [-0.4, -0.2) is 26.2 Å². The van der Waals surface area contributed by atoms with Gasteiger partial charge in [-0.05, 0) is 43.2 Å². The van der Waals surface area contributed by atoms with Crippen LogP contribution < -0.4 is 10.9 Å². The summed E-state index contributed by atoms with van der Waals surface area (Å²) in [4.78, 5) is 33.9. The molecule has 152 valence electrons. The fourth-order valence-corrected chi connectivity index (χ4v) is 4.48. The molecule has 4 rings (SSSR count). The SMILES string of the molecule is Cc1ccc(-c2csc(NC(=O)CSc3nc4ccccc4c(=O)n3C)n2)cc1C. The number of carbonyl (C=O) groups excluding carboxylic acids is 1. The Balaban J connectivity index is 1.44. The van der Waals surface area contributed by atoms with E-state index in [1.165, 1.54) is 38.8 Å². The van der Waals surface area contributed by atoms with E-state index in [4.69, 9.17) is 0 Å². The van der Waals surface area contributed by atoms with Crippen molar-refractivity contribution in [2.45, 2.75) is 19.0 Å². The molecule has 0 saturated heterocycles. The van der Waals surface area contributed by atoms with Crippen LogP contribution in [0, 0.1) is 13.8 Å². The monoisotopic (exact) mass is 436 g/mol. The number of carbonyl (C=O) groups is 1. The molecular weight excluding hydrogens is 416 g/mol. The molecule has 0 aliphatic rings. The molecule has 0 fully saturated rings. The molecule has 1 N–H and O–H groups in total. The molecule has 30 heavy (non-hydrogen) atoms. The Morgan fingerprint density at radius 1 is 1.13 bits per heavy atom. The van der Waals surface area contributed by atoms with E-state index >= 15 is 0 Å². The average molecular weight is 437 g/mol. The van der Waals surface area contributed by atoms with E-state index in [9.17, 15) is 9.59 Å². The summed E-state index contributed by atoms with van der Waals surface area (Å²) in [6.07, 6.45) is 0. The smallest absolute Gasteiger partial charge is 0.261 e. The molecule has 2 aromatic carbocycles. The van der Waals surface area contributed by atoms with Crippen molar-refractivity contribution in [1.82, 2.24) is 14.5 Å². The molecule has 0 saturated carbocycles. The number of hydrogen-bond donors (Lipinski definition) is 1. The fraction of sp³-hybridized carbons (Fsp3) is 0.182. The summed E-state index contributed by atoms with van der Waals surface area (Å²) in [5, 5.41) is 6.38. The van der Waals surface area contributed by atoms with Gasteiger partial charge in [-0.1, -0.05) is 36.0 Å². The van der Waals surface area contributed by atoms with Crippen LogP contribution in [0.4, 0.5) is 5.13 Å². The van der Waals surface area contributed by atoms with Crippen LogP contribution >= 0.6 is 23.1 Å². The normalized spacial score (nSPS) is 11.0. The van der Waals surface area contributed by atoms with Crippen molar-refractivity contribution in [2.75, 3.05) is 11.1 Å². The molecule has 0 aliphatic heterocycles. The molecule has 2 aromatic heterocycles. The van der Waals surface area contributed by atoms with Gasteiger partial charge in [0.15, 0.2) is 10.3 Å². The van der Waals surface area contributed by atoms with Crippen LogP contribution in [-0.2, 0) is 11.8 Å². The molecule has 0 spiro atoms. The summed E-state index contributed by atoms with van der Waals surface area (Å²) in [7, 11) is 1.67. The Bertz CT molecular complexity index is 1310. The molecule has 0 unspecified atom stereocenters. The first-order chi connectivity index (χ1) is 14.4. The number of anilines is 1. The maximum atomic E-state index is 12.5. The Hall–Kier alpha value is -2.97. The first-order valence-electron chi connectivity index (χ1n) is 9.34. The van der Waals surface area contributed by atoms with Crippen molar-refractivity contribution < 1.29 is 4.79 Å². The van der Waals surface area contributed by atoms with Crippen molar-refractivity contribution in [1.29, 1.82) is 0 Å². The van der Waals surface area contributed by atoms with Gasteiger partial charge in [0, 0.05) is 18.0 Å². The Labute approximate surface area is 182 Å². The van der Waals surface area contributed by atoms with Gasteiger partial charge < -0.3 is 5.32 Å². The van der Waals surface area contributed by atoms with Crippen LogP contribution in [0.25, 0.3) is 22.2 Å². The van der Waals surface area contributed by atoms with E-state index < -0.39 is 0 Å². The number of nitrogens with zero attached hydrogens (tertiary/aromatic N) is 3. The van der Waals surface area contributed by atoms with Gasteiger partial charge in [0.05, 0.1) is 22.3 Å². The first kappa shape index (κ1) is 20.3. The van der Waals surface area contributed by atoms with Crippen LogP contribution in [0.15, 0.2) is 57.8 Å². The molecule has 8 heteroatoms. The minimum Gasteiger partial charge on any atom is -0.301 e. The van der Waals surface area contributed by atoms with Gasteiger partial charge >= 0.3 is 0 Å². The number of para-hydroxylation sites is 1. The third kappa shape index (κ3) is 4.15. The highest BCUT2D eigenvalue weighted by atomic mass is 32.2. The van der Waals surface area contributed by atoms with Crippen LogP contribution in [0.5, 0.6) is 0 Å². The molecule has 0 aliphatic carbocycles. The quantitative estimate of drug-likeness (QED) is 0.371. The van der Waals surface area contributed by atoms with Crippen LogP contribution in [0.2, 0.25) is 0 Å². The predicted molar refractivity (Wildman–Crippen MR) is 123 cm³/mol. The highest BCUT2D eigenvalue weighted by molar-refractivity contribution is 7.99. The number of aryl methyl sites for hydroxylation is 2. The molecule has 1 amide bonds. The first-order valence-corrected chi connectivity index (χ1v) is 11.2. The van der Waals surface area contributed by atoms with Gasteiger partial charge in [-0.2, -0.15) is 0 Å². The summed E-state index contributed by atoms with van der Waals surface area (Å²) < 4.78 is 1.47. The lowest BCUT2D eigenvalue weighted by molar-refractivity contribution is -0.113. The average Bonchev–Trinajstić information content (AvgIpc) is 3.20. The van der Waals surface area contributed by atoms with Gasteiger partial charge in [0.25, 0.3) is 5.56 Å². The molecular formula is C22H20N4O2S2. The summed E-state index contributed by atoms with van der Waals surface area (Å²) >= 11 is 2.62. The van der Waals surface area contributed by atoms with Crippen molar-refractivity contribution in [3.63, 3.8) is 0 Å². The Kier molecular flexibility index (Phi) is 5.69. The largest absolute Gasteiger partial charge is 0.301 e. The highest BCUT2D eigenvalue weighted by Gasteiger charge is 2.12. The van der Waals surface area contributed by atoms with Gasteiger partial charge in [0.1, 0.15) is 0 Å². The number of amides is 1. The van der Waals surface area contributed by atoms with E-state index in [-0.39, 0.29) is 17.2 Å². The zero-order valence-electron chi connectivity index (χ0n) is 16.8. The lowest BCUT2D eigenvalue weighted by Gasteiger charge is -2.08. The summed E-state index contributed by atoms with van der Waals surface area (Å²) in [6, 6.07) is 13.4. The lowest BCUT2D eigenvalue weighted by Crippen LogP contribution is -2.21. The number of benzene rings is 2. The highest BCUT2D eigenvalue weighted by Crippen LogP contribution is 2.27. The summed E-state index contributed by atoms with van der Waals surface area (Å²) in [6.45, 7) is 4.14. The zero-order valence-corrected chi connectivity index (χ0v) is 18.4. The maximum Gasteiger partial charge on any atom is 0.261 e. The number of hydrogen-bond acceptors (Lipinski definition) is 6. The van der Waals surface area contributed by atoms with Gasteiger partial charge in [-0.15, -0.1) is 11.3 Å². The Morgan fingerprint density at radius 3 is 2.73 bits per heavy atom. The zero-order chi connectivity index (χ0) is 21.3. The second-order valence-electron chi connectivity index (χ2n) is 6.95. The van der Waals surface area contributed by atoms with Crippen LogP contribution in [0.3, 0.4) is 0 Å². The molecule has 4 aromatic rings. The fourth-order valence-electron chi connectivity index (χ4n) is 2.98. The van der Waals surface area contributed by atoms with E-state index in [1.807, 2.05) is 23.6 Å². The van der Waals surface area contributed by atoms with E-state index in [0.717, 1.165) is 11.3 Å². The molecule has 0 bridgehead atoms. The Morgan fingerprint density at radius 2 is 1.93 bits per heavy atom.